The molecular weight excluding hydrogens is 276 g/mol. The number of hydrogen-bond acceptors (Lipinski definition) is 3. The molecule has 0 radical (unpaired) electrons. The molecule has 0 aromatic carbocycles. The normalized spacial score (nSPS) is 20.1. The van der Waals surface area contributed by atoms with Gasteiger partial charge in [-0.2, -0.15) is 13.2 Å². The van der Waals surface area contributed by atoms with Crippen LogP contribution in [0.3, 0.4) is 0 Å². The summed E-state index contributed by atoms with van der Waals surface area (Å²) in [6.45, 7) is 0.899. The highest BCUT2D eigenvalue weighted by Gasteiger charge is 2.56. The number of rotatable bonds is 3. The van der Waals surface area contributed by atoms with Crippen molar-refractivity contribution in [3.8, 4) is 0 Å². The van der Waals surface area contributed by atoms with E-state index >= 15 is 0 Å². The Morgan fingerprint density at radius 1 is 1.30 bits per heavy atom. The highest BCUT2D eigenvalue weighted by molar-refractivity contribution is 5.10. The number of alkyl halides is 3. The van der Waals surface area contributed by atoms with Crippen molar-refractivity contribution in [1.82, 2.24) is 9.88 Å². The summed E-state index contributed by atoms with van der Waals surface area (Å²) in [4.78, 5) is 5.57. The van der Waals surface area contributed by atoms with Crippen LogP contribution in [0.4, 0.5) is 17.6 Å². The van der Waals surface area contributed by atoms with Crippen LogP contribution in [0.2, 0.25) is 0 Å². The smallest absolute Gasteiger partial charge is 0.369 e. The van der Waals surface area contributed by atoms with E-state index in [9.17, 15) is 17.6 Å². The minimum absolute atomic E-state index is 0.115. The van der Waals surface area contributed by atoms with Crippen molar-refractivity contribution < 1.29 is 22.3 Å². The molecule has 1 fully saturated rings. The van der Waals surface area contributed by atoms with Crippen molar-refractivity contribution in [2.45, 2.75) is 31.2 Å². The molecule has 20 heavy (non-hydrogen) atoms. The first-order valence-electron chi connectivity index (χ1n) is 6.30. The molecular formula is C13H16F4N2O. The topological polar surface area (TPSA) is 25.4 Å². The van der Waals surface area contributed by atoms with Gasteiger partial charge in [-0.05, 0) is 24.5 Å². The maximum atomic E-state index is 13.0. The minimum Gasteiger partial charge on any atom is -0.369 e. The Hall–Kier alpha value is -1.21. The number of ether oxygens (including phenoxy) is 1. The molecule has 1 aliphatic rings. The average Bonchev–Trinajstić information content (AvgIpc) is 2.38. The lowest BCUT2D eigenvalue weighted by Crippen LogP contribution is -2.54. The zero-order valence-corrected chi connectivity index (χ0v) is 11.1. The highest BCUT2D eigenvalue weighted by atomic mass is 19.4. The second-order valence-corrected chi connectivity index (χ2v) is 4.98. The third-order valence-corrected chi connectivity index (χ3v) is 3.74. The molecule has 7 heteroatoms. The van der Waals surface area contributed by atoms with Gasteiger partial charge < -0.3 is 4.74 Å². The van der Waals surface area contributed by atoms with Gasteiger partial charge in [0.1, 0.15) is 5.82 Å². The van der Waals surface area contributed by atoms with E-state index in [1.54, 1.807) is 0 Å². The molecule has 1 aromatic heterocycles. The fourth-order valence-electron chi connectivity index (χ4n) is 2.48. The van der Waals surface area contributed by atoms with Gasteiger partial charge in [0.2, 0.25) is 0 Å². The first-order chi connectivity index (χ1) is 9.36. The number of hydrogen-bond donors (Lipinski definition) is 0. The molecule has 0 bridgehead atoms. The van der Waals surface area contributed by atoms with E-state index in [-0.39, 0.29) is 25.9 Å². The van der Waals surface area contributed by atoms with Crippen LogP contribution in [0.15, 0.2) is 18.5 Å². The predicted molar refractivity (Wildman–Crippen MR) is 64.5 cm³/mol. The standard InChI is InChI=1S/C13H16F4N2O/c1-20-12(13(15,16)17)2-4-19(5-3-12)9-10-6-11(14)8-18-7-10/h6-8H,2-5,9H2,1H3. The van der Waals surface area contributed by atoms with E-state index in [1.807, 2.05) is 4.90 Å². The molecule has 0 spiro atoms. The van der Waals surface area contributed by atoms with Gasteiger partial charge >= 0.3 is 6.18 Å². The number of methoxy groups -OCH3 is 1. The molecule has 0 N–H and O–H groups in total. The maximum absolute atomic E-state index is 13.0. The van der Waals surface area contributed by atoms with Crippen molar-refractivity contribution in [1.29, 1.82) is 0 Å². The second kappa shape index (κ2) is 5.65. The van der Waals surface area contributed by atoms with Gasteiger partial charge in [-0.3, -0.25) is 9.88 Å². The largest absolute Gasteiger partial charge is 0.417 e. The van der Waals surface area contributed by atoms with Crippen LogP contribution >= 0.6 is 0 Å². The first kappa shape index (κ1) is 15.2. The van der Waals surface area contributed by atoms with Crippen molar-refractivity contribution in [2.75, 3.05) is 20.2 Å². The lowest BCUT2D eigenvalue weighted by molar-refractivity contribution is -0.282. The maximum Gasteiger partial charge on any atom is 0.417 e. The zero-order valence-electron chi connectivity index (χ0n) is 11.1. The number of likely N-dealkylation sites (tertiary alicyclic amines) is 1. The molecule has 0 amide bonds. The van der Waals surface area contributed by atoms with Gasteiger partial charge in [-0.15, -0.1) is 0 Å². The summed E-state index contributed by atoms with van der Waals surface area (Å²) in [5, 5.41) is 0. The molecule has 0 atom stereocenters. The van der Waals surface area contributed by atoms with Gasteiger partial charge in [0, 0.05) is 32.9 Å². The molecule has 2 heterocycles. The molecule has 0 aliphatic carbocycles. The number of nitrogens with zero attached hydrogens (tertiary/aromatic N) is 2. The minimum atomic E-state index is -4.37. The Balaban J connectivity index is 1.97. The molecule has 1 aromatic rings. The fraction of sp³-hybridized carbons (Fsp3) is 0.615. The van der Waals surface area contributed by atoms with E-state index in [1.165, 1.54) is 12.3 Å². The SMILES string of the molecule is COC1(C(F)(F)F)CCN(Cc2cncc(F)c2)CC1. The van der Waals surface area contributed by atoms with Crippen molar-refractivity contribution in [3.05, 3.63) is 29.8 Å². The van der Waals surface area contributed by atoms with Crippen LogP contribution < -0.4 is 0 Å². The summed E-state index contributed by atoms with van der Waals surface area (Å²) in [6, 6.07) is 1.34. The lowest BCUT2D eigenvalue weighted by Gasteiger charge is -2.41. The van der Waals surface area contributed by atoms with E-state index < -0.39 is 17.6 Å². The Bertz CT molecular complexity index is 456. The van der Waals surface area contributed by atoms with Crippen molar-refractivity contribution in [3.63, 3.8) is 0 Å². The Morgan fingerprint density at radius 3 is 2.45 bits per heavy atom. The number of piperidine rings is 1. The number of pyridine rings is 1. The Morgan fingerprint density at radius 2 is 1.95 bits per heavy atom. The zero-order chi connectivity index (χ0) is 14.8. The van der Waals surface area contributed by atoms with E-state index in [4.69, 9.17) is 4.74 Å². The van der Waals surface area contributed by atoms with Gasteiger partial charge in [-0.1, -0.05) is 0 Å². The summed E-state index contributed by atoms with van der Waals surface area (Å²) in [7, 11) is 1.10. The quantitative estimate of drug-likeness (QED) is 0.801. The Labute approximate surface area is 114 Å². The predicted octanol–water partition coefficient (Wildman–Crippen LogP) is 2.76. The summed E-state index contributed by atoms with van der Waals surface area (Å²) >= 11 is 0. The summed E-state index contributed by atoms with van der Waals surface area (Å²) in [5.74, 6) is -0.443. The third kappa shape index (κ3) is 3.09. The molecule has 1 saturated heterocycles. The summed E-state index contributed by atoms with van der Waals surface area (Å²) in [5.41, 5.74) is -1.40. The van der Waals surface area contributed by atoms with E-state index in [2.05, 4.69) is 4.98 Å². The second-order valence-electron chi connectivity index (χ2n) is 4.98. The molecule has 0 saturated carbocycles. The molecule has 1 aliphatic heterocycles. The van der Waals surface area contributed by atoms with Crippen LogP contribution in [-0.2, 0) is 11.3 Å². The van der Waals surface area contributed by atoms with Gasteiger partial charge in [0.25, 0.3) is 0 Å². The van der Waals surface area contributed by atoms with Crippen LogP contribution in [0.1, 0.15) is 18.4 Å². The Kier molecular flexibility index (Phi) is 4.29. The van der Waals surface area contributed by atoms with Crippen molar-refractivity contribution >= 4 is 0 Å². The first-order valence-corrected chi connectivity index (χ1v) is 6.30. The van der Waals surface area contributed by atoms with Crippen molar-refractivity contribution in [2.24, 2.45) is 0 Å². The molecule has 2 rings (SSSR count). The van der Waals surface area contributed by atoms with Crippen LogP contribution in [0.25, 0.3) is 0 Å². The lowest BCUT2D eigenvalue weighted by atomic mass is 9.90. The van der Waals surface area contributed by atoms with Gasteiger partial charge in [0.15, 0.2) is 5.60 Å². The van der Waals surface area contributed by atoms with Crippen LogP contribution in [-0.4, -0.2) is 41.9 Å². The summed E-state index contributed by atoms with van der Waals surface area (Å²) < 4.78 is 56.7. The van der Waals surface area contributed by atoms with Gasteiger partial charge in [-0.25, -0.2) is 4.39 Å². The molecule has 0 unspecified atom stereocenters. The molecule has 3 nitrogen and oxygen atoms in total. The molecule has 112 valence electrons. The van der Waals surface area contributed by atoms with Crippen LogP contribution in [0, 0.1) is 5.82 Å². The fourth-order valence-corrected chi connectivity index (χ4v) is 2.48. The monoisotopic (exact) mass is 292 g/mol. The average molecular weight is 292 g/mol. The van der Waals surface area contributed by atoms with Crippen LogP contribution in [0.5, 0.6) is 0 Å². The summed E-state index contributed by atoms with van der Waals surface area (Å²) in [6.07, 6.45) is -1.98. The van der Waals surface area contributed by atoms with E-state index in [0.717, 1.165) is 13.3 Å². The van der Waals surface area contributed by atoms with E-state index in [0.29, 0.717) is 12.1 Å². The number of aromatic nitrogens is 1. The van der Waals surface area contributed by atoms with Gasteiger partial charge in [0.05, 0.1) is 6.20 Å². The number of halogens is 4. The third-order valence-electron chi connectivity index (χ3n) is 3.74. The highest BCUT2D eigenvalue weighted by Crippen LogP contribution is 2.41.